The molecule has 106 valence electrons. The molecule has 0 amide bonds. The van der Waals surface area contributed by atoms with Crippen molar-refractivity contribution in [1.29, 1.82) is 0 Å². The molecule has 0 spiro atoms. The lowest BCUT2D eigenvalue weighted by molar-refractivity contribution is 0.365. The summed E-state index contributed by atoms with van der Waals surface area (Å²) < 4.78 is 0. The fourth-order valence-corrected chi connectivity index (χ4v) is 3.35. The van der Waals surface area contributed by atoms with Gasteiger partial charge in [0.2, 0.25) is 0 Å². The summed E-state index contributed by atoms with van der Waals surface area (Å²) in [4.78, 5) is 0. The summed E-state index contributed by atoms with van der Waals surface area (Å²) in [5.41, 5.74) is 4.39. The van der Waals surface area contributed by atoms with E-state index >= 15 is 0 Å². The molecule has 1 aromatic rings. The fourth-order valence-electron chi connectivity index (χ4n) is 3.35. The van der Waals surface area contributed by atoms with Gasteiger partial charge < -0.3 is 5.32 Å². The van der Waals surface area contributed by atoms with Crippen LogP contribution in [0.25, 0.3) is 0 Å². The minimum atomic E-state index is 0.895. The van der Waals surface area contributed by atoms with E-state index in [0.717, 1.165) is 11.8 Å². The molecule has 1 aliphatic carbocycles. The standard InChI is InChI=1S/C18H29N/c1-4-10-19-13-18-7-5-6-17(18)12-16-9-8-14(2)15(3)11-16/h8-9,11,17-19H,4-7,10,12-13H2,1-3H3. The van der Waals surface area contributed by atoms with Gasteiger partial charge in [-0.1, -0.05) is 31.5 Å². The maximum absolute atomic E-state index is 3.61. The van der Waals surface area contributed by atoms with Crippen LogP contribution in [0.3, 0.4) is 0 Å². The molecule has 0 heterocycles. The first-order valence-corrected chi connectivity index (χ1v) is 7.97. The molecule has 1 nitrogen and oxygen atoms in total. The molecule has 0 saturated heterocycles. The SMILES string of the molecule is CCCNCC1CCCC1Cc1ccc(C)c(C)c1. The summed E-state index contributed by atoms with van der Waals surface area (Å²) in [6.07, 6.45) is 6.79. The molecule has 0 bridgehead atoms. The summed E-state index contributed by atoms with van der Waals surface area (Å²) in [5.74, 6) is 1.79. The maximum Gasteiger partial charge on any atom is -0.00178 e. The van der Waals surface area contributed by atoms with Crippen LogP contribution in [0.2, 0.25) is 0 Å². The Kier molecular flexibility index (Phi) is 5.45. The number of hydrogen-bond acceptors (Lipinski definition) is 1. The maximum atomic E-state index is 3.61. The van der Waals surface area contributed by atoms with E-state index in [-0.39, 0.29) is 0 Å². The lowest BCUT2D eigenvalue weighted by Gasteiger charge is -2.20. The highest BCUT2D eigenvalue weighted by Crippen LogP contribution is 2.34. The van der Waals surface area contributed by atoms with Crippen molar-refractivity contribution in [2.75, 3.05) is 13.1 Å². The quantitative estimate of drug-likeness (QED) is 0.753. The normalized spacial score (nSPS) is 22.9. The van der Waals surface area contributed by atoms with E-state index in [1.807, 2.05) is 0 Å². The van der Waals surface area contributed by atoms with Crippen molar-refractivity contribution >= 4 is 0 Å². The van der Waals surface area contributed by atoms with Gasteiger partial charge >= 0.3 is 0 Å². The zero-order valence-electron chi connectivity index (χ0n) is 12.8. The second kappa shape index (κ2) is 7.09. The molecule has 19 heavy (non-hydrogen) atoms. The van der Waals surface area contributed by atoms with Gasteiger partial charge in [0.25, 0.3) is 0 Å². The first-order chi connectivity index (χ1) is 9.20. The van der Waals surface area contributed by atoms with Gasteiger partial charge in [-0.05, 0) is 81.1 Å². The van der Waals surface area contributed by atoms with E-state index in [9.17, 15) is 0 Å². The van der Waals surface area contributed by atoms with Crippen LogP contribution < -0.4 is 5.32 Å². The van der Waals surface area contributed by atoms with Gasteiger partial charge in [0.1, 0.15) is 0 Å². The minimum Gasteiger partial charge on any atom is -0.316 e. The Hall–Kier alpha value is -0.820. The van der Waals surface area contributed by atoms with E-state index in [4.69, 9.17) is 0 Å². The van der Waals surface area contributed by atoms with Gasteiger partial charge in [-0.25, -0.2) is 0 Å². The van der Waals surface area contributed by atoms with E-state index in [1.165, 1.54) is 61.9 Å². The average Bonchev–Trinajstić information content (AvgIpc) is 2.82. The monoisotopic (exact) mass is 259 g/mol. The number of aryl methyl sites for hydroxylation is 2. The van der Waals surface area contributed by atoms with E-state index in [0.29, 0.717) is 0 Å². The zero-order chi connectivity index (χ0) is 13.7. The molecule has 1 aliphatic rings. The van der Waals surface area contributed by atoms with E-state index in [2.05, 4.69) is 44.3 Å². The average molecular weight is 259 g/mol. The third kappa shape index (κ3) is 4.07. The molecule has 1 N–H and O–H groups in total. The number of hydrogen-bond donors (Lipinski definition) is 1. The van der Waals surface area contributed by atoms with Gasteiger partial charge in [0.15, 0.2) is 0 Å². The molecule has 2 rings (SSSR count). The van der Waals surface area contributed by atoms with Crippen LogP contribution >= 0.6 is 0 Å². The molecule has 1 aromatic carbocycles. The Bertz CT molecular complexity index is 397. The van der Waals surface area contributed by atoms with Crippen molar-refractivity contribution < 1.29 is 0 Å². The molecule has 0 radical (unpaired) electrons. The molecule has 0 aromatic heterocycles. The van der Waals surface area contributed by atoms with Gasteiger partial charge in [-0.15, -0.1) is 0 Å². The first kappa shape index (κ1) is 14.6. The van der Waals surface area contributed by atoms with Crippen molar-refractivity contribution in [3.8, 4) is 0 Å². The largest absolute Gasteiger partial charge is 0.316 e. The van der Waals surface area contributed by atoms with Gasteiger partial charge in [-0.2, -0.15) is 0 Å². The van der Waals surface area contributed by atoms with Crippen molar-refractivity contribution in [2.45, 2.75) is 52.9 Å². The van der Waals surface area contributed by atoms with Crippen LogP contribution in [-0.4, -0.2) is 13.1 Å². The van der Waals surface area contributed by atoms with Crippen molar-refractivity contribution in [3.63, 3.8) is 0 Å². The van der Waals surface area contributed by atoms with Gasteiger partial charge in [-0.3, -0.25) is 0 Å². The Labute approximate surface area is 118 Å². The Morgan fingerprint density at radius 1 is 1.11 bits per heavy atom. The molecular formula is C18H29N. The highest BCUT2D eigenvalue weighted by Gasteiger charge is 2.26. The minimum absolute atomic E-state index is 0.895. The van der Waals surface area contributed by atoms with E-state index in [1.54, 1.807) is 0 Å². The molecule has 1 heteroatoms. The molecule has 0 aliphatic heterocycles. The van der Waals surface area contributed by atoms with Crippen LogP contribution in [0.5, 0.6) is 0 Å². The Morgan fingerprint density at radius 3 is 2.63 bits per heavy atom. The van der Waals surface area contributed by atoms with Crippen molar-refractivity contribution in [1.82, 2.24) is 5.32 Å². The van der Waals surface area contributed by atoms with Crippen molar-refractivity contribution in [3.05, 3.63) is 34.9 Å². The lowest BCUT2D eigenvalue weighted by Crippen LogP contribution is -2.26. The summed E-state index contributed by atoms with van der Waals surface area (Å²) in [6.45, 7) is 9.07. The highest BCUT2D eigenvalue weighted by atomic mass is 14.9. The van der Waals surface area contributed by atoms with Crippen LogP contribution in [0.1, 0.15) is 49.3 Å². The molecule has 2 unspecified atom stereocenters. The third-order valence-electron chi connectivity index (χ3n) is 4.72. The first-order valence-electron chi connectivity index (χ1n) is 7.97. The second-order valence-electron chi connectivity index (χ2n) is 6.28. The number of benzene rings is 1. The van der Waals surface area contributed by atoms with Crippen LogP contribution in [0.15, 0.2) is 18.2 Å². The molecule has 1 fully saturated rings. The third-order valence-corrected chi connectivity index (χ3v) is 4.72. The van der Waals surface area contributed by atoms with Crippen molar-refractivity contribution in [2.24, 2.45) is 11.8 Å². The van der Waals surface area contributed by atoms with Crippen LogP contribution in [0.4, 0.5) is 0 Å². The summed E-state index contributed by atoms with van der Waals surface area (Å²) in [6, 6.07) is 7.01. The Morgan fingerprint density at radius 2 is 1.89 bits per heavy atom. The predicted octanol–water partition coefficient (Wildman–Crippen LogP) is 4.26. The van der Waals surface area contributed by atoms with Gasteiger partial charge in [0.05, 0.1) is 0 Å². The summed E-state index contributed by atoms with van der Waals surface area (Å²) in [7, 11) is 0. The van der Waals surface area contributed by atoms with Gasteiger partial charge in [0, 0.05) is 0 Å². The van der Waals surface area contributed by atoms with E-state index < -0.39 is 0 Å². The van der Waals surface area contributed by atoms with Crippen LogP contribution in [0, 0.1) is 25.7 Å². The topological polar surface area (TPSA) is 12.0 Å². The summed E-state index contributed by atoms with van der Waals surface area (Å²) >= 11 is 0. The number of rotatable bonds is 6. The zero-order valence-corrected chi connectivity index (χ0v) is 12.8. The number of nitrogens with one attached hydrogen (secondary N) is 1. The molecule has 1 saturated carbocycles. The fraction of sp³-hybridized carbons (Fsp3) is 0.667. The summed E-state index contributed by atoms with van der Waals surface area (Å²) in [5, 5.41) is 3.61. The smallest absolute Gasteiger partial charge is 0.00178 e. The molecule has 2 atom stereocenters. The Balaban J connectivity index is 1.91. The second-order valence-corrected chi connectivity index (χ2v) is 6.28. The highest BCUT2D eigenvalue weighted by molar-refractivity contribution is 5.30. The van der Waals surface area contributed by atoms with Crippen LogP contribution in [-0.2, 0) is 6.42 Å². The molecular weight excluding hydrogens is 230 g/mol. The lowest BCUT2D eigenvalue weighted by atomic mass is 9.88. The predicted molar refractivity (Wildman–Crippen MR) is 83.6 cm³/mol.